The molecule has 1 aliphatic heterocycles. The zero-order valence-corrected chi connectivity index (χ0v) is 7.37. The van der Waals surface area contributed by atoms with E-state index >= 15 is 0 Å². The number of barbiturate groups is 1. The molecule has 14 heavy (non-hydrogen) atoms. The Morgan fingerprint density at radius 2 is 2.07 bits per heavy atom. The van der Waals surface area contributed by atoms with Gasteiger partial charge in [-0.05, 0) is 12.8 Å². The highest BCUT2D eigenvalue weighted by molar-refractivity contribution is 6.20. The van der Waals surface area contributed by atoms with E-state index in [1.807, 2.05) is 0 Å². The molecule has 5 heteroatoms. The summed E-state index contributed by atoms with van der Waals surface area (Å²) < 4.78 is 0. The Balaban J connectivity index is 2.29. The molecule has 0 aromatic heterocycles. The Bertz CT molecular complexity index is 376. The molecule has 1 N–H and O–H groups in total. The first-order chi connectivity index (χ1) is 6.62. The fourth-order valence-corrected chi connectivity index (χ4v) is 1.53. The van der Waals surface area contributed by atoms with Crippen LogP contribution < -0.4 is 5.32 Å². The standard InChI is InChI=1S/C9H8N2O3/c1-2-5-11-7(13)9(3-4-9)6(12)10-8(11)14/h1H,3-5H2,(H,10,12,14). The largest absolute Gasteiger partial charge is 0.331 e. The number of hydrogen-bond donors (Lipinski definition) is 1. The molecule has 0 bridgehead atoms. The lowest BCUT2D eigenvalue weighted by Gasteiger charge is -2.28. The normalized spacial score (nSPS) is 23.4. The molecule has 1 aliphatic carbocycles. The molecular weight excluding hydrogens is 184 g/mol. The molecule has 1 saturated heterocycles. The van der Waals surface area contributed by atoms with Crippen molar-refractivity contribution >= 4 is 17.8 Å². The second-order valence-corrected chi connectivity index (χ2v) is 3.44. The molecule has 0 radical (unpaired) electrons. The highest BCUT2D eigenvalue weighted by atomic mass is 16.2. The summed E-state index contributed by atoms with van der Waals surface area (Å²) in [6.45, 7) is -0.0836. The average Bonchev–Trinajstić information content (AvgIpc) is 2.91. The van der Waals surface area contributed by atoms with E-state index in [2.05, 4.69) is 11.2 Å². The van der Waals surface area contributed by atoms with Crippen LogP contribution in [0.15, 0.2) is 0 Å². The highest BCUT2D eigenvalue weighted by Gasteiger charge is 2.61. The van der Waals surface area contributed by atoms with E-state index in [0.29, 0.717) is 12.8 Å². The van der Waals surface area contributed by atoms with Crippen LogP contribution in [-0.4, -0.2) is 29.3 Å². The predicted octanol–water partition coefficient (Wildman–Crippen LogP) is -0.522. The smallest absolute Gasteiger partial charge is 0.277 e. The minimum atomic E-state index is -0.981. The molecule has 4 amide bonds. The molecule has 2 fully saturated rings. The van der Waals surface area contributed by atoms with E-state index in [0.717, 1.165) is 4.90 Å². The maximum absolute atomic E-state index is 11.7. The second-order valence-electron chi connectivity index (χ2n) is 3.44. The summed E-state index contributed by atoms with van der Waals surface area (Å²) >= 11 is 0. The Labute approximate surface area is 80.4 Å². The van der Waals surface area contributed by atoms with Gasteiger partial charge in [0, 0.05) is 0 Å². The highest BCUT2D eigenvalue weighted by Crippen LogP contribution is 2.48. The van der Waals surface area contributed by atoms with Gasteiger partial charge in [0.1, 0.15) is 5.41 Å². The number of imide groups is 2. The maximum Gasteiger partial charge on any atom is 0.331 e. The quantitative estimate of drug-likeness (QED) is 0.449. The minimum Gasteiger partial charge on any atom is -0.277 e. The lowest BCUT2D eigenvalue weighted by molar-refractivity contribution is -0.144. The van der Waals surface area contributed by atoms with Crippen LogP contribution in [0.3, 0.4) is 0 Å². The zero-order valence-electron chi connectivity index (χ0n) is 7.37. The monoisotopic (exact) mass is 192 g/mol. The predicted molar refractivity (Wildman–Crippen MR) is 45.8 cm³/mol. The molecule has 2 rings (SSSR count). The number of hydrogen-bond acceptors (Lipinski definition) is 3. The van der Waals surface area contributed by atoms with Crippen molar-refractivity contribution in [2.75, 3.05) is 6.54 Å². The number of carbonyl (C=O) groups excluding carboxylic acids is 3. The number of carbonyl (C=O) groups is 3. The number of nitrogens with zero attached hydrogens (tertiary/aromatic N) is 1. The van der Waals surface area contributed by atoms with Crippen LogP contribution >= 0.6 is 0 Å². The van der Waals surface area contributed by atoms with E-state index in [1.165, 1.54) is 0 Å². The first kappa shape index (κ1) is 8.75. The molecule has 1 saturated carbocycles. The van der Waals surface area contributed by atoms with Gasteiger partial charge in [0.2, 0.25) is 11.8 Å². The van der Waals surface area contributed by atoms with Gasteiger partial charge in [-0.15, -0.1) is 6.42 Å². The number of nitrogens with one attached hydrogen (secondary N) is 1. The van der Waals surface area contributed by atoms with Crippen LogP contribution in [0.1, 0.15) is 12.8 Å². The number of terminal acetylenes is 1. The van der Waals surface area contributed by atoms with Crippen molar-refractivity contribution < 1.29 is 14.4 Å². The molecule has 0 aromatic carbocycles. The molecule has 0 unspecified atom stereocenters. The molecule has 0 atom stereocenters. The van der Waals surface area contributed by atoms with Crippen LogP contribution in [0.25, 0.3) is 0 Å². The van der Waals surface area contributed by atoms with E-state index in [1.54, 1.807) is 0 Å². The summed E-state index contributed by atoms with van der Waals surface area (Å²) in [6, 6.07) is -0.713. The van der Waals surface area contributed by atoms with Crippen LogP contribution in [0.4, 0.5) is 4.79 Å². The molecular formula is C9H8N2O3. The zero-order chi connectivity index (χ0) is 10.3. The molecule has 2 aliphatic rings. The molecule has 5 nitrogen and oxygen atoms in total. The number of urea groups is 1. The van der Waals surface area contributed by atoms with Gasteiger partial charge in [-0.3, -0.25) is 19.8 Å². The number of rotatable bonds is 1. The van der Waals surface area contributed by atoms with Crippen LogP contribution in [0.5, 0.6) is 0 Å². The molecule has 72 valence electrons. The lowest BCUT2D eigenvalue weighted by Crippen LogP contribution is -2.59. The third kappa shape index (κ3) is 0.940. The summed E-state index contributed by atoms with van der Waals surface area (Å²) in [4.78, 5) is 35.1. The Hall–Kier alpha value is -1.83. The van der Waals surface area contributed by atoms with Gasteiger partial charge in [-0.1, -0.05) is 5.92 Å². The van der Waals surface area contributed by atoms with E-state index in [9.17, 15) is 14.4 Å². The van der Waals surface area contributed by atoms with Crippen LogP contribution in [0.2, 0.25) is 0 Å². The van der Waals surface area contributed by atoms with Crippen molar-refractivity contribution in [3.63, 3.8) is 0 Å². The lowest BCUT2D eigenvalue weighted by atomic mass is 10.0. The number of amides is 4. The van der Waals surface area contributed by atoms with Crippen molar-refractivity contribution in [2.24, 2.45) is 5.41 Å². The first-order valence-corrected chi connectivity index (χ1v) is 4.23. The third-order valence-electron chi connectivity index (χ3n) is 2.55. The maximum atomic E-state index is 11.7. The topological polar surface area (TPSA) is 66.5 Å². The summed E-state index contributed by atoms with van der Waals surface area (Å²) in [6.07, 6.45) is 6.03. The van der Waals surface area contributed by atoms with Gasteiger partial charge in [-0.25, -0.2) is 4.79 Å². The fraction of sp³-hybridized carbons (Fsp3) is 0.444. The van der Waals surface area contributed by atoms with Crippen molar-refractivity contribution in [1.82, 2.24) is 10.2 Å². The molecule has 1 spiro atoms. The van der Waals surface area contributed by atoms with Crippen LogP contribution in [-0.2, 0) is 9.59 Å². The molecule has 0 aromatic rings. The van der Waals surface area contributed by atoms with Crippen molar-refractivity contribution in [3.8, 4) is 12.3 Å². The second kappa shape index (κ2) is 2.58. The fourth-order valence-electron chi connectivity index (χ4n) is 1.53. The summed E-state index contributed by atoms with van der Waals surface area (Å²) in [5, 5.41) is 2.13. The van der Waals surface area contributed by atoms with Crippen LogP contribution in [0, 0.1) is 17.8 Å². The minimum absolute atomic E-state index is 0.0836. The van der Waals surface area contributed by atoms with Gasteiger partial charge in [0.15, 0.2) is 0 Å². The van der Waals surface area contributed by atoms with E-state index < -0.39 is 23.3 Å². The Morgan fingerprint density at radius 3 is 2.57 bits per heavy atom. The van der Waals surface area contributed by atoms with Gasteiger partial charge in [0.05, 0.1) is 6.54 Å². The first-order valence-electron chi connectivity index (χ1n) is 4.23. The van der Waals surface area contributed by atoms with Gasteiger partial charge in [0.25, 0.3) is 0 Å². The average molecular weight is 192 g/mol. The van der Waals surface area contributed by atoms with E-state index in [4.69, 9.17) is 6.42 Å². The van der Waals surface area contributed by atoms with Crippen molar-refractivity contribution in [2.45, 2.75) is 12.8 Å². The summed E-state index contributed by atoms with van der Waals surface area (Å²) in [7, 11) is 0. The Morgan fingerprint density at radius 1 is 1.43 bits per heavy atom. The van der Waals surface area contributed by atoms with E-state index in [-0.39, 0.29) is 6.54 Å². The van der Waals surface area contributed by atoms with Gasteiger partial charge >= 0.3 is 6.03 Å². The van der Waals surface area contributed by atoms with Crippen molar-refractivity contribution in [3.05, 3.63) is 0 Å². The van der Waals surface area contributed by atoms with Gasteiger partial charge in [-0.2, -0.15) is 0 Å². The summed E-state index contributed by atoms with van der Waals surface area (Å²) in [5.74, 6) is 1.27. The van der Waals surface area contributed by atoms with Crippen molar-refractivity contribution in [1.29, 1.82) is 0 Å². The molecule has 1 heterocycles. The van der Waals surface area contributed by atoms with Gasteiger partial charge < -0.3 is 0 Å². The third-order valence-corrected chi connectivity index (χ3v) is 2.55. The summed E-state index contributed by atoms with van der Waals surface area (Å²) in [5.41, 5.74) is -0.981. The SMILES string of the molecule is C#CCN1C(=O)NC(=O)C2(CC2)C1=O. The Kier molecular flexibility index (Phi) is 1.61.